The highest BCUT2D eigenvalue weighted by atomic mass is 32.2. The SMILES string of the molecule is CN(C1CC1)S(=O)(=O)c1ccc(CN)s1. The number of hydrogen-bond acceptors (Lipinski definition) is 4. The van der Waals surface area contributed by atoms with Crippen LogP contribution in [-0.4, -0.2) is 25.8 Å². The molecule has 1 aromatic rings. The maximum atomic E-state index is 12.0. The fourth-order valence-corrected chi connectivity index (χ4v) is 4.22. The van der Waals surface area contributed by atoms with E-state index in [-0.39, 0.29) is 6.04 Å². The number of nitrogens with two attached hydrogens (primary N) is 1. The summed E-state index contributed by atoms with van der Waals surface area (Å²) in [5.41, 5.74) is 5.46. The van der Waals surface area contributed by atoms with Crippen molar-refractivity contribution in [3.05, 3.63) is 17.0 Å². The average Bonchev–Trinajstić information content (AvgIpc) is 2.93. The topological polar surface area (TPSA) is 63.4 Å². The molecule has 0 amide bonds. The number of nitrogens with zero attached hydrogens (tertiary/aromatic N) is 1. The molecule has 0 aliphatic heterocycles. The summed E-state index contributed by atoms with van der Waals surface area (Å²) in [5, 5.41) is 0. The summed E-state index contributed by atoms with van der Waals surface area (Å²) in [7, 11) is -1.62. The van der Waals surface area contributed by atoms with Crippen molar-refractivity contribution in [2.24, 2.45) is 5.73 Å². The molecule has 0 radical (unpaired) electrons. The molecular formula is C9H14N2O2S2. The second kappa shape index (κ2) is 3.86. The largest absolute Gasteiger partial charge is 0.326 e. The lowest BCUT2D eigenvalue weighted by Gasteiger charge is -2.14. The zero-order valence-corrected chi connectivity index (χ0v) is 10.1. The molecule has 2 N–H and O–H groups in total. The highest BCUT2D eigenvalue weighted by Gasteiger charge is 2.35. The maximum Gasteiger partial charge on any atom is 0.252 e. The van der Waals surface area contributed by atoms with Gasteiger partial charge in [0.25, 0.3) is 10.0 Å². The van der Waals surface area contributed by atoms with Gasteiger partial charge in [0.1, 0.15) is 4.21 Å². The number of hydrogen-bond donors (Lipinski definition) is 1. The zero-order valence-electron chi connectivity index (χ0n) is 8.51. The Labute approximate surface area is 93.8 Å². The molecule has 4 nitrogen and oxygen atoms in total. The van der Waals surface area contributed by atoms with E-state index < -0.39 is 10.0 Å². The second-order valence-electron chi connectivity index (χ2n) is 3.68. The van der Waals surface area contributed by atoms with E-state index >= 15 is 0 Å². The molecule has 1 heterocycles. The predicted octanol–water partition coefficient (Wildman–Crippen LogP) is 0.990. The smallest absolute Gasteiger partial charge is 0.252 e. The third kappa shape index (κ3) is 2.08. The highest BCUT2D eigenvalue weighted by molar-refractivity contribution is 7.91. The third-order valence-electron chi connectivity index (χ3n) is 2.53. The summed E-state index contributed by atoms with van der Waals surface area (Å²) in [6.45, 7) is 0.396. The lowest BCUT2D eigenvalue weighted by atomic mass is 10.5. The minimum Gasteiger partial charge on any atom is -0.326 e. The molecule has 0 unspecified atom stereocenters. The first-order valence-electron chi connectivity index (χ1n) is 4.82. The molecular weight excluding hydrogens is 232 g/mol. The van der Waals surface area contributed by atoms with Crippen molar-refractivity contribution in [3.63, 3.8) is 0 Å². The van der Waals surface area contributed by atoms with Crippen LogP contribution in [0.3, 0.4) is 0 Å². The summed E-state index contributed by atoms with van der Waals surface area (Å²) < 4.78 is 25.9. The van der Waals surface area contributed by atoms with E-state index in [1.807, 2.05) is 0 Å². The van der Waals surface area contributed by atoms with Crippen molar-refractivity contribution in [3.8, 4) is 0 Å². The first-order chi connectivity index (χ1) is 7.05. The average molecular weight is 246 g/mol. The monoisotopic (exact) mass is 246 g/mol. The van der Waals surface area contributed by atoms with Gasteiger partial charge in [0.2, 0.25) is 0 Å². The molecule has 0 saturated heterocycles. The molecule has 0 atom stereocenters. The Hall–Kier alpha value is -0.430. The number of rotatable bonds is 4. The molecule has 0 spiro atoms. The quantitative estimate of drug-likeness (QED) is 0.861. The molecule has 1 aliphatic carbocycles. The van der Waals surface area contributed by atoms with Crippen LogP contribution in [0.4, 0.5) is 0 Å². The minimum atomic E-state index is -3.27. The first kappa shape index (κ1) is 11.1. The lowest BCUT2D eigenvalue weighted by Crippen LogP contribution is -2.28. The lowest BCUT2D eigenvalue weighted by molar-refractivity contribution is 0.466. The number of thiophene rings is 1. The van der Waals surface area contributed by atoms with Crippen molar-refractivity contribution in [1.29, 1.82) is 0 Å². The maximum absolute atomic E-state index is 12.0. The molecule has 0 aromatic carbocycles. The van der Waals surface area contributed by atoms with Gasteiger partial charge in [0.05, 0.1) is 0 Å². The zero-order chi connectivity index (χ0) is 11.1. The van der Waals surface area contributed by atoms with Gasteiger partial charge in [0, 0.05) is 24.5 Å². The van der Waals surface area contributed by atoms with E-state index in [1.165, 1.54) is 15.6 Å². The summed E-state index contributed by atoms with van der Waals surface area (Å²) in [6.07, 6.45) is 1.95. The Balaban J connectivity index is 2.27. The predicted molar refractivity (Wildman–Crippen MR) is 60.2 cm³/mol. The Morgan fingerprint density at radius 1 is 1.53 bits per heavy atom. The Kier molecular flexibility index (Phi) is 2.85. The van der Waals surface area contributed by atoms with Gasteiger partial charge in [0.15, 0.2) is 0 Å². The van der Waals surface area contributed by atoms with E-state index in [0.29, 0.717) is 10.8 Å². The Bertz CT molecular complexity index is 448. The van der Waals surface area contributed by atoms with Gasteiger partial charge in [-0.2, -0.15) is 4.31 Å². The van der Waals surface area contributed by atoms with Crippen LogP contribution in [0.15, 0.2) is 16.3 Å². The van der Waals surface area contributed by atoms with E-state index in [9.17, 15) is 8.42 Å². The molecule has 1 aliphatic rings. The van der Waals surface area contributed by atoms with Crippen LogP contribution in [0.25, 0.3) is 0 Å². The summed E-state index contributed by atoms with van der Waals surface area (Å²) >= 11 is 1.26. The van der Waals surface area contributed by atoms with Crippen LogP contribution in [0.1, 0.15) is 17.7 Å². The first-order valence-corrected chi connectivity index (χ1v) is 7.08. The van der Waals surface area contributed by atoms with E-state index in [4.69, 9.17) is 5.73 Å². The fraction of sp³-hybridized carbons (Fsp3) is 0.556. The minimum absolute atomic E-state index is 0.207. The fourth-order valence-electron chi connectivity index (χ4n) is 1.38. The van der Waals surface area contributed by atoms with Crippen molar-refractivity contribution in [2.75, 3.05) is 7.05 Å². The molecule has 2 rings (SSSR count). The number of sulfonamides is 1. The van der Waals surface area contributed by atoms with Gasteiger partial charge >= 0.3 is 0 Å². The van der Waals surface area contributed by atoms with Gasteiger partial charge in [-0.3, -0.25) is 0 Å². The van der Waals surface area contributed by atoms with Crippen molar-refractivity contribution < 1.29 is 8.42 Å². The molecule has 0 bridgehead atoms. The second-order valence-corrected chi connectivity index (χ2v) is 7.07. The molecule has 1 saturated carbocycles. The Morgan fingerprint density at radius 3 is 2.67 bits per heavy atom. The van der Waals surface area contributed by atoms with Gasteiger partial charge < -0.3 is 5.73 Å². The molecule has 6 heteroatoms. The van der Waals surface area contributed by atoms with Crippen LogP contribution in [-0.2, 0) is 16.6 Å². The van der Waals surface area contributed by atoms with Crippen molar-refractivity contribution in [2.45, 2.75) is 29.6 Å². The molecule has 1 aromatic heterocycles. The normalized spacial score (nSPS) is 17.3. The van der Waals surface area contributed by atoms with E-state index in [0.717, 1.165) is 17.7 Å². The highest BCUT2D eigenvalue weighted by Crippen LogP contribution is 2.32. The standard InChI is InChI=1S/C9H14N2O2S2/c1-11(7-2-3-7)15(12,13)9-5-4-8(6-10)14-9/h4-5,7H,2-3,6,10H2,1H3. The summed E-state index contributed by atoms with van der Waals surface area (Å²) in [4.78, 5) is 0.901. The van der Waals surface area contributed by atoms with Gasteiger partial charge in [-0.05, 0) is 25.0 Å². The molecule has 15 heavy (non-hydrogen) atoms. The van der Waals surface area contributed by atoms with Crippen LogP contribution >= 0.6 is 11.3 Å². The van der Waals surface area contributed by atoms with Gasteiger partial charge in [-0.1, -0.05) is 0 Å². The van der Waals surface area contributed by atoms with Crippen LogP contribution < -0.4 is 5.73 Å². The van der Waals surface area contributed by atoms with Gasteiger partial charge in [-0.15, -0.1) is 11.3 Å². The van der Waals surface area contributed by atoms with Crippen molar-refractivity contribution >= 4 is 21.4 Å². The van der Waals surface area contributed by atoms with Crippen LogP contribution in [0, 0.1) is 0 Å². The third-order valence-corrected chi connectivity index (χ3v) is 6.02. The van der Waals surface area contributed by atoms with Crippen LogP contribution in [0.5, 0.6) is 0 Å². The van der Waals surface area contributed by atoms with Crippen LogP contribution in [0.2, 0.25) is 0 Å². The van der Waals surface area contributed by atoms with E-state index in [1.54, 1.807) is 19.2 Å². The molecule has 84 valence electrons. The summed E-state index contributed by atoms with van der Waals surface area (Å²) in [5.74, 6) is 0. The van der Waals surface area contributed by atoms with E-state index in [2.05, 4.69) is 0 Å². The summed E-state index contributed by atoms with van der Waals surface area (Å²) in [6, 6.07) is 3.62. The Morgan fingerprint density at radius 2 is 2.20 bits per heavy atom. The van der Waals surface area contributed by atoms with Gasteiger partial charge in [-0.25, -0.2) is 8.42 Å². The molecule has 1 fully saturated rings. The van der Waals surface area contributed by atoms with Crippen molar-refractivity contribution in [1.82, 2.24) is 4.31 Å².